The molecule has 0 aliphatic heterocycles. The molecule has 1 aromatic carbocycles. The molecule has 1 aromatic heterocycles. The number of hydrogen-bond acceptors (Lipinski definition) is 3. The first-order valence-electron chi connectivity index (χ1n) is 5.79. The van der Waals surface area contributed by atoms with E-state index in [2.05, 4.69) is 10.4 Å². The minimum absolute atomic E-state index is 0.164. The fourth-order valence-electron chi connectivity index (χ4n) is 1.69. The van der Waals surface area contributed by atoms with Crippen LogP contribution in [0.2, 0.25) is 5.02 Å². The van der Waals surface area contributed by atoms with Crippen LogP contribution in [-0.2, 0) is 13.6 Å². The number of halogens is 1. The molecule has 0 aliphatic rings. The number of anilines is 1. The first-order valence-corrected chi connectivity index (χ1v) is 6.17. The highest BCUT2D eigenvalue weighted by atomic mass is 35.5. The maximum Gasteiger partial charge on any atom is 0.251 e. The van der Waals surface area contributed by atoms with Crippen LogP contribution in [0.3, 0.4) is 0 Å². The minimum atomic E-state index is -0.164. The summed E-state index contributed by atoms with van der Waals surface area (Å²) in [4.78, 5) is 12.0. The van der Waals surface area contributed by atoms with Crippen molar-refractivity contribution >= 4 is 23.3 Å². The average Bonchev–Trinajstić information content (AvgIpc) is 2.70. The van der Waals surface area contributed by atoms with Gasteiger partial charge in [-0.2, -0.15) is 5.10 Å². The highest BCUT2D eigenvalue weighted by Crippen LogP contribution is 2.16. The lowest BCUT2D eigenvalue weighted by Gasteiger charge is -2.06. The lowest BCUT2D eigenvalue weighted by Crippen LogP contribution is -2.23. The summed E-state index contributed by atoms with van der Waals surface area (Å²) < 4.78 is 1.56. The van der Waals surface area contributed by atoms with E-state index in [9.17, 15) is 4.79 Å². The van der Waals surface area contributed by atoms with Gasteiger partial charge in [-0.1, -0.05) is 11.6 Å². The molecule has 5 nitrogen and oxygen atoms in total. The third kappa shape index (κ3) is 2.88. The lowest BCUT2D eigenvalue weighted by molar-refractivity contribution is 0.0951. The van der Waals surface area contributed by atoms with E-state index in [0.29, 0.717) is 22.9 Å². The van der Waals surface area contributed by atoms with Crippen molar-refractivity contribution in [2.45, 2.75) is 13.5 Å². The van der Waals surface area contributed by atoms with Gasteiger partial charge in [0.25, 0.3) is 5.91 Å². The van der Waals surface area contributed by atoms with Gasteiger partial charge in [0.1, 0.15) is 5.82 Å². The van der Waals surface area contributed by atoms with Crippen LogP contribution in [0.25, 0.3) is 0 Å². The molecule has 0 fully saturated rings. The first kappa shape index (κ1) is 13.4. The van der Waals surface area contributed by atoms with Crippen LogP contribution >= 0.6 is 11.6 Å². The highest BCUT2D eigenvalue weighted by molar-refractivity contribution is 6.31. The van der Waals surface area contributed by atoms with E-state index < -0.39 is 0 Å². The zero-order chi connectivity index (χ0) is 14.0. The largest absolute Gasteiger partial charge is 0.384 e. The summed E-state index contributed by atoms with van der Waals surface area (Å²) in [6.07, 6.45) is 1.64. The topological polar surface area (TPSA) is 72.9 Å². The Balaban J connectivity index is 2.05. The van der Waals surface area contributed by atoms with Crippen LogP contribution in [0.15, 0.2) is 24.4 Å². The molecule has 2 rings (SSSR count). The number of carbonyl (C=O) groups excluding carboxylic acids is 1. The molecule has 19 heavy (non-hydrogen) atoms. The highest BCUT2D eigenvalue weighted by Gasteiger charge is 2.09. The third-order valence-electron chi connectivity index (χ3n) is 2.92. The molecule has 100 valence electrons. The van der Waals surface area contributed by atoms with Crippen LogP contribution in [0.4, 0.5) is 5.82 Å². The smallest absolute Gasteiger partial charge is 0.251 e. The maximum absolute atomic E-state index is 12.0. The second-order valence-electron chi connectivity index (χ2n) is 4.33. The van der Waals surface area contributed by atoms with Gasteiger partial charge in [-0.25, -0.2) is 0 Å². The van der Waals surface area contributed by atoms with E-state index in [1.54, 1.807) is 36.1 Å². The molecular weight excluding hydrogens is 264 g/mol. The van der Waals surface area contributed by atoms with Crippen molar-refractivity contribution < 1.29 is 4.79 Å². The van der Waals surface area contributed by atoms with Crippen LogP contribution in [0.5, 0.6) is 0 Å². The number of nitrogens with zero attached hydrogens (tertiary/aromatic N) is 2. The minimum Gasteiger partial charge on any atom is -0.384 e. The molecule has 0 bridgehead atoms. The van der Waals surface area contributed by atoms with Crippen LogP contribution in [0.1, 0.15) is 21.5 Å². The standard InChI is InChI=1S/C13H15ClN4O/c1-8-5-9(3-4-11(8)14)13(19)16-6-10-7-17-18(2)12(10)15/h3-5,7H,6,15H2,1-2H3,(H,16,19). The van der Waals surface area contributed by atoms with Crippen LogP contribution < -0.4 is 11.1 Å². The number of hydrogen-bond donors (Lipinski definition) is 2. The van der Waals surface area contributed by atoms with Gasteiger partial charge in [0, 0.05) is 29.7 Å². The molecule has 0 spiro atoms. The zero-order valence-corrected chi connectivity index (χ0v) is 11.5. The number of benzene rings is 1. The van der Waals surface area contributed by atoms with Gasteiger partial charge in [0.15, 0.2) is 0 Å². The summed E-state index contributed by atoms with van der Waals surface area (Å²) in [5, 5.41) is 7.46. The quantitative estimate of drug-likeness (QED) is 0.900. The summed E-state index contributed by atoms with van der Waals surface area (Å²) >= 11 is 5.92. The maximum atomic E-state index is 12.0. The van der Waals surface area contributed by atoms with Crippen LogP contribution in [0, 0.1) is 6.92 Å². The van der Waals surface area contributed by atoms with Crippen molar-refractivity contribution in [1.29, 1.82) is 0 Å². The molecule has 6 heteroatoms. The molecule has 2 aromatic rings. The van der Waals surface area contributed by atoms with E-state index in [1.807, 2.05) is 6.92 Å². The molecule has 1 heterocycles. The number of nitrogen functional groups attached to an aromatic ring is 1. The van der Waals surface area contributed by atoms with Crippen molar-refractivity contribution in [2.75, 3.05) is 5.73 Å². The van der Waals surface area contributed by atoms with Crippen molar-refractivity contribution in [3.05, 3.63) is 46.1 Å². The molecule has 0 unspecified atom stereocenters. The fraction of sp³-hybridized carbons (Fsp3) is 0.231. The van der Waals surface area contributed by atoms with Crippen LogP contribution in [-0.4, -0.2) is 15.7 Å². The summed E-state index contributed by atoms with van der Waals surface area (Å²) in [5.74, 6) is 0.385. The number of nitrogens with two attached hydrogens (primary N) is 1. The molecule has 0 atom stereocenters. The Bertz CT molecular complexity index is 621. The van der Waals surface area contributed by atoms with Crippen molar-refractivity contribution in [1.82, 2.24) is 15.1 Å². The molecule has 0 saturated heterocycles. The summed E-state index contributed by atoms with van der Waals surface area (Å²) in [5.41, 5.74) is 8.04. The first-order chi connectivity index (χ1) is 8.99. The average molecular weight is 279 g/mol. The number of aromatic nitrogens is 2. The summed E-state index contributed by atoms with van der Waals surface area (Å²) in [7, 11) is 1.75. The predicted molar refractivity (Wildman–Crippen MR) is 75.0 cm³/mol. The number of aryl methyl sites for hydroxylation is 2. The molecule has 1 amide bonds. The Labute approximate surface area is 116 Å². The lowest BCUT2D eigenvalue weighted by atomic mass is 10.1. The number of nitrogens with one attached hydrogen (secondary N) is 1. The van der Waals surface area contributed by atoms with Crippen molar-refractivity contribution in [3.8, 4) is 0 Å². The number of carbonyl (C=O) groups is 1. The monoisotopic (exact) mass is 278 g/mol. The van der Waals surface area contributed by atoms with Crippen molar-refractivity contribution in [3.63, 3.8) is 0 Å². The van der Waals surface area contributed by atoms with Gasteiger partial charge >= 0.3 is 0 Å². The van der Waals surface area contributed by atoms with Gasteiger partial charge in [0.2, 0.25) is 0 Å². The zero-order valence-electron chi connectivity index (χ0n) is 10.8. The third-order valence-corrected chi connectivity index (χ3v) is 3.35. The summed E-state index contributed by atoms with van der Waals surface area (Å²) in [6.45, 7) is 2.21. The normalized spacial score (nSPS) is 10.5. The van der Waals surface area contributed by atoms with E-state index >= 15 is 0 Å². The Kier molecular flexibility index (Phi) is 3.76. The molecule has 0 saturated carbocycles. The Morgan fingerprint density at radius 2 is 2.26 bits per heavy atom. The molecule has 0 radical (unpaired) electrons. The summed E-state index contributed by atoms with van der Waals surface area (Å²) in [6, 6.07) is 5.16. The van der Waals surface area contributed by atoms with E-state index in [1.165, 1.54) is 0 Å². The fourth-order valence-corrected chi connectivity index (χ4v) is 1.81. The number of rotatable bonds is 3. The SMILES string of the molecule is Cc1cc(C(=O)NCc2cnn(C)c2N)ccc1Cl. The molecular formula is C13H15ClN4O. The predicted octanol–water partition coefficient (Wildman–Crippen LogP) is 1.89. The van der Waals surface area contributed by atoms with Gasteiger partial charge in [-0.3, -0.25) is 9.48 Å². The second kappa shape index (κ2) is 5.32. The number of amides is 1. The molecule has 0 aliphatic carbocycles. The van der Waals surface area contributed by atoms with E-state index in [-0.39, 0.29) is 5.91 Å². The van der Waals surface area contributed by atoms with E-state index in [0.717, 1.165) is 11.1 Å². The van der Waals surface area contributed by atoms with Gasteiger partial charge < -0.3 is 11.1 Å². The Hall–Kier alpha value is -2.01. The van der Waals surface area contributed by atoms with Gasteiger partial charge in [-0.05, 0) is 30.7 Å². The Morgan fingerprint density at radius 3 is 2.84 bits per heavy atom. The van der Waals surface area contributed by atoms with Gasteiger partial charge in [0.05, 0.1) is 6.20 Å². The van der Waals surface area contributed by atoms with Gasteiger partial charge in [-0.15, -0.1) is 0 Å². The molecule has 3 N–H and O–H groups in total. The van der Waals surface area contributed by atoms with Crippen molar-refractivity contribution in [2.24, 2.45) is 7.05 Å². The van der Waals surface area contributed by atoms with E-state index in [4.69, 9.17) is 17.3 Å². The Morgan fingerprint density at radius 1 is 1.53 bits per heavy atom. The second-order valence-corrected chi connectivity index (χ2v) is 4.73.